The van der Waals surface area contributed by atoms with Gasteiger partial charge in [0, 0.05) is 41.6 Å². The number of hydrogen-bond acceptors (Lipinski definition) is 3. The minimum absolute atomic E-state index is 0.0232. The number of benzene rings is 1. The molecule has 3 heterocycles. The standard InChI is InChI=1S/C22H25N3OS/c26-22(19-5-7-20(8-6-19)25-11-1-2-12-25)23-16-18-9-13-24(14-10-18)17-21-4-3-15-27-21/h1-8,11-12,15,18H,9-10,13-14,16-17H2,(H,23,26). The fourth-order valence-electron chi connectivity index (χ4n) is 3.60. The van der Waals surface area contributed by atoms with Crippen LogP contribution in [0, 0.1) is 5.92 Å². The normalized spacial score (nSPS) is 15.7. The average molecular weight is 380 g/mol. The highest BCUT2D eigenvalue weighted by Gasteiger charge is 2.20. The lowest BCUT2D eigenvalue weighted by molar-refractivity contribution is 0.0935. The molecule has 1 saturated heterocycles. The second-order valence-corrected chi connectivity index (χ2v) is 8.18. The summed E-state index contributed by atoms with van der Waals surface area (Å²) in [6.07, 6.45) is 6.30. The smallest absolute Gasteiger partial charge is 0.251 e. The topological polar surface area (TPSA) is 37.3 Å². The van der Waals surface area contributed by atoms with Crippen molar-refractivity contribution in [1.82, 2.24) is 14.8 Å². The van der Waals surface area contributed by atoms with E-state index in [1.54, 1.807) is 0 Å². The highest BCUT2D eigenvalue weighted by molar-refractivity contribution is 7.09. The van der Waals surface area contributed by atoms with Crippen LogP contribution in [0.5, 0.6) is 0 Å². The van der Waals surface area contributed by atoms with Crippen LogP contribution in [-0.2, 0) is 6.54 Å². The van der Waals surface area contributed by atoms with E-state index in [1.807, 2.05) is 64.7 Å². The van der Waals surface area contributed by atoms with E-state index in [2.05, 4.69) is 27.7 Å². The zero-order valence-corrected chi connectivity index (χ0v) is 16.2. The molecule has 0 unspecified atom stereocenters. The number of likely N-dealkylation sites (tertiary alicyclic amines) is 1. The van der Waals surface area contributed by atoms with Crippen molar-refractivity contribution in [3.8, 4) is 5.69 Å². The van der Waals surface area contributed by atoms with Gasteiger partial charge in [0.05, 0.1) is 0 Å². The lowest BCUT2D eigenvalue weighted by atomic mass is 9.96. The molecular weight excluding hydrogens is 354 g/mol. The third-order valence-corrected chi connectivity index (χ3v) is 6.11. The second-order valence-electron chi connectivity index (χ2n) is 7.15. The van der Waals surface area contributed by atoms with E-state index in [0.717, 1.165) is 50.3 Å². The Balaban J connectivity index is 1.23. The van der Waals surface area contributed by atoms with Gasteiger partial charge in [-0.2, -0.15) is 0 Å². The largest absolute Gasteiger partial charge is 0.352 e. The molecule has 0 saturated carbocycles. The van der Waals surface area contributed by atoms with Crippen LogP contribution in [0.2, 0.25) is 0 Å². The van der Waals surface area contributed by atoms with Crippen LogP contribution < -0.4 is 5.32 Å². The molecule has 0 bridgehead atoms. The summed E-state index contributed by atoms with van der Waals surface area (Å²) in [5.41, 5.74) is 1.79. The van der Waals surface area contributed by atoms with E-state index < -0.39 is 0 Å². The van der Waals surface area contributed by atoms with Crippen LogP contribution >= 0.6 is 11.3 Å². The maximum Gasteiger partial charge on any atom is 0.251 e. The van der Waals surface area contributed by atoms with Crippen LogP contribution in [0.3, 0.4) is 0 Å². The molecule has 1 N–H and O–H groups in total. The van der Waals surface area contributed by atoms with Crippen molar-refractivity contribution in [1.29, 1.82) is 0 Å². The van der Waals surface area contributed by atoms with E-state index in [1.165, 1.54) is 4.88 Å². The number of piperidine rings is 1. The highest BCUT2D eigenvalue weighted by atomic mass is 32.1. The Morgan fingerprint density at radius 3 is 2.44 bits per heavy atom. The average Bonchev–Trinajstić information content (AvgIpc) is 3.42. The number of nitrogens with zero attached hydrogens (tertiary/aromatic N) is 2. The van der Waals surface area contributed by atoms with Gasteiger partial charge >= 0.3 is 0 Å². The molecule has 0 aliphatic carbocycles. The van der Waals surface area contributed by atoms with E-state index in [4.69, 9.17) is 0 Å². The minimum Gasteiger partial charge on any atom is -0.352 e. The van der Waals surface area contributed by atoms with Crippen LogP contribution in [0.25, 0.3) is 5.69 Å². The molecule has 1 amide bonds. The molecule has 2 aromatic heterocycles. The zero-order valence-electron chi connectivity index (χ0n) is 15.4. The number of rotatable bonds is 6. The molecule has 4 rings (SSSR count). The second kappa shape index (κ2) is 8.55. The van der Waals surface area contributed by atoms with E-state index in [0.29, 0.717) is 5.92 Å². The lowest BCUT2D eigenvalue weighted by Crippen LogP contribution is -2.38. The lowest BCUT2D eigenvalue weighted by Gasteiger charge is -2.31. The van der Waals surface area contributed by atoms with Gasteiger partial charge in [0.1, 0.15) is 0 Å². The highest BCUT2D eigenvalue weighted by Crippen LogP contribution is 2.20. The number of carbonyl (C=O) groups is 1. The first-order valence-electron chi connectivity index (χ1n) is 9.54. The van der Waals surface area contributed by atoms with E-state index in [-0.39, 0.29) is 5.91 Å². The van der Waals surface area contributed by atoms with Gasteiger partial charge in [-0.1, -0.05) is 6.07 Å². The van der Waals surface area contributed by atoms with Crippen LogP contribution in [-0.4, -0.2) is 35.0 Å². The van der Waals surface area contributed by atoms with Crippen LogP contribution in [0.1, 0.15) is 28.1 Å². The molecule has 0 atom stereocenters. The SMILES string of the molecule is O=C(NCC1CCN(Cc2cccs2)CC1)c1ccc(-n2cccc2)cc1. The van der Waals surface area contributed by atoms with Crippen molar-refractivity contribution < 1.29 is 4.79 Å². The summed E-state index contributed by atoms with van der Waals surface area (Å²) in [5.74, 6) is 0.600. The van der Waals surface area contributed by atoms with Crippen molar-refractivity contribution >= 4 is 17.2 Å². The minimum atomic E-state index is 0.0232. The van der Waals surface area contributed by atoms with Crippen molar-refractivity contribution in [3.63, 3.8) is 0 Å². The molecule has 0 radical (unpaired) electrons. The Morgan fingerprint density at radius 2 is 1.78 bits per heavy atom. The monoisotopic (exact) mass is 379 g/mol. The summed E-state index contributed by atoms with van der Waals surface area (Å²) in [6.45, 7) is 4.06. The third-order valence-electron chi connectivity index (χ3n) is 5.25. The van der Waals surface area contributed by atoms with Crippen molar-refractivity contribution in [2.75, 3.05) is 19.6 Å². The first kappa shape index (κ1) is 18.0. The molecule has 1 aliphatic heterocycles. The summed E-state index contributed by atoms with van der Waals surface area (Å²) in [7, 11) is 0. The van der Waals surface area contributed by atoms with Gasteiger partial charge in [-0.25, -0.2) is 0 Å². The molecule has 3 aromatic rings. The van der Waals surface area contributed by atoms with E-state index in [9.17, 15) is 4.79 Å². The third kappa shape index (κ3) is 4.67. The molecule has 5 heteroatoms. The van der Waals surface area contributed by atoms with Crippen LogP contribution in [0.15, 0.2) is 66.3 Å². The maximum absolute atomic E-state index is 12.4. The molecule has 27 heavy (non-hydrogen) atoms. The summed E-state index contributed by atoms with van der Waals surface area (Å²) in [4.78, 5) is 16.4. The van der Waals surface area contributed by atoms with Gasteiger partial charge < -0.3 is 9.88 Å². The van der Waals surface area contributed by atoms with Crippen molar-refractivity contribution in [3.05, 3.63) is 76.7 Å². The quantitative estimate of drug-likeness (QED) is 0.698. The zero-order chi connectivity index (χ0) is 18.5. The maximum atomic E-state index is 12.4. The Morgan fingerprint density at radius 1 is 1.04 bits per heavy atom. The predicted molar refractivity (Wildman–Crippen MR) is 110 cm³/mol. The molecular formula is C22H25N3OS. The molecule has 1 aromatic carbocycles. The number of aromatic nitrogens is 1. The first-order chi connectivity index (χ1) is 13.3. The van der Waals surface area contributed by atoms with Gasteiger partial charge in [0.2, 0.25) is 0 Å². The number of nitrogens with one attached hydrogen (secondary N) is 1. The first-order valence-corrected chi connectivity index (χ1v) is 10.4. The summed E-state index contributed by atoms with van der Waals surface area (Å²) in [5, 5.41) is 5.26. The summed E-state index contributed by atoms with van der Waals surface area (Å²) < 4.78 is 2.03. The fraction of sp³-hybridized carbons (Fsp3) is 0.318. The Labute approximate surface area is 164 Å². The van der Waals surface area contributed by atoms with Gasteiger partial charge in [-0.3, -0.25) is 9.69 Å². The molecule has 140 valence electrons. The molecule has 1 fully saturated rings. The Kier molecular flexibility index (Phi) is 5.70. The van der Waals surface area contributed by atoms with Gasteiger partial charge in [-0.05, 0) is 79.7 Å². The summed E-state index contributed by atoms with van der Waals surface area (Å²) >= 11 is 1.83. The Bertz CT molecular complexity index is 832. The predicted octanol–water partition coefficient (Wildman–Crippen LogP) is 4.18. The molecule has 1 aliphatic rings. The van der Waals surface area contributed by atoms with Gasteiger partial charge in [0.15, 0.2) is 0 Å². The van der Waals surface area contributed by atoms with Crippen molar-refractivity contribution in [2.45, 2.75) is 19.4 Å². The van der Waals surface area contributed by atoms with Gasteiger partial charge in [-0.15, -0.1) is 11.3 Å². The number of amides is 1. The molecule has 4 nitrogen and oxygen atoms in total. The number of thiophene rings is 1. The number of carbonyl (C=O) groups excluding carboxylic acids is 1. The van der Waals surface area contributed by atoms with Crippen LogP contribution in [0.4, 0.5) is 0 Å². The summed E-state index contributed by atoms with van der Waals surface area (Å²) in [6, 6.07) is 16.1. The van der Waals surface area contributed by atoms with Crippen molar-refractivity contribution in [2.24, 2.45) is 5.92 Å². The Hall–Kier alpha value is -2.37. The molecule has 0 spiro atoms. The van der Waals surface area contributed by atoms with Gasteiger partial charge in [0.25, 0.3) is 5.91 Å². The fourth-order valence-corrected chi connectivity index (χ4v) is 4.35. The van der Waals surface area contributed by atoms with E-state index >= 15 is 0 Å². The number of hydrogen-bond donors (Lipinski definition) is 1.